The zero-order valence-corrected chi connectivity index (χ0v) is 21.1. The van der Waals surface area contributed by atoms with E-state index in [-0.39, 0.29) is 41.1 Å². The lowest BCUT2D eigenvalue weighted by atomic mass is 10.2. The molecule has 4 aromatic rings. The van der Waals surface area contributed by atoms with Crippen LogP contribution in [0.25, 0.3) is 10.9 Å². The Balaban J connectivity index is 1.67. The number of nitrogens with one attached hydrogen (secondary N) is 1. The second-order valence-corrected chi connectivity index (χ2v) is 9.93. The first-order valence-corrected chi connectivity index (χ1v) is 12.8. The van der Waals surface area contributed by atoms with Crippen molar-refractivity contribution >= 4 is 38.2 Å². The van der Waals surface area contributed by atoms with Gasteiger partial charge in [-0.1, -0.05) is 48.0 Å². The number of carbonyl (C=O) groups excluding carboxylic acids is 1. The van der Waals surface area contributed by atoms with Gasteiger partial charge in [-0.25, -0.2) is 8.42 Å². The number of aromatic nitrogens is 1. The van der Waals surface area contributed by atoms with Crippen LogP contribution in [0.15, 0.2) is 87.9 Å². The number of carbonyl (C=O) groups is 1. The Morgan fingerprint density at radius 2 is 1.70 bits per heavy atom. The Hall–Kier alpha value is -4.22. The summed E-state index contributed by atoms with van der Waals surface area (Å²) in [6.45, 7) is 1.67. The highest BCUT2D eigenvalue weighted by molar-refractivity contribution is 7.93. The standard InChI is InChI=1S/C26H26N4O6S/c1-18-11-13-19(14-12-18)30(37(33,34)23-10-6-5-9-22(23)36-16-15-35-2)17-24(31)28-29-25-20-7-3-4-8-21(20)27-26(25)32/h3-14,27,32H,15-17H2,1-2H3. The van der Waals surface area contributed by atoms with Gasteiger partial charge in [0.15, 0.2) is 5.69 Å². The van der Waals surface area contributed by atoms with Crippen molar-refractivity contribution in [2.75, 3.05) is 31.2 Å². The number of benzene rings is 3. The fraction of sp³-hybridized carbons (Fsp3) is 0.192. The highest BCUT2D eigenvalue weighted by atomic mass is 32.2. The van der Waals surface area contributed by atoms with E-state index < -0.39 is 22.5 Å². The Labute approximate surface area is 214 Å². The third kappa shape index (κ3) is 5.79. The molecular weight excluding hydrogens is 496 g/mol. The number of hydrogen-bond donors (Lipinski definition) is 2. The molecule has 1 heterocycles. The first-order chi connectivity index (χ1) is 17.8. The molecule has 0 aliphatic heterocycles. The van der Waals surface area contributed by atoms with Crippen LogP contribution in [-0.2, 0) is 19.6 Å². The maximum absolute atomic E-state index is 13.8. The maximum atomic E-state index is 13.8. The number of azo groups is 1. The molecule has 0 atom stereocenters. The van der Waals surface area contributed by atoms with E-state index in [1.807, 2.05) is 6.92 Å². The smallest absolute Gasteiger partial charge is 0.285 e. The summed E-state index contributed by atoms with van der Waals surface area (Å²) < 4.78 is 39.2. The van der Waals surface area contributed by atoms with Gasteiger partial charge in [0.2, 0.25) is 5.88 Å². The van der Waals surface area contributed by atoms with Crippen molar-refractivity contribution in [3.05, 3.63) is 78.4 Å². The van der Waals surface area contributed by atoms with Crippen LogP contribution >= 0.6 is 0 Å². The van der Waals surface area contributed by atoms with Gasteiger partial charge in [0.05, 0.1) is 17.8 Å². The number of methoxy groups -OCH3 is 1. The molecule has 0 saturated carbocycles. The molecule has 10 nitrogen and oxygen atoms in total. The van der Waals surface area contributed by atoms with Crippen molar-refractivity contribution in [1.29, 1.82) is 0 Å². The highest BCUT2D eigenvalue weighted by Crippen LogP contribution is 2.35. The number of sulfonamides is 1. The van der Waals surface area contributed by atoms with Crippen molar-refractivity contribution in [2.24, 2.45) is 10.2 Å². The summed E-state index contributed by atoms with van der Waals surface area (Å²) in [7, 11) is -2.74. The van der Waals surface area contributed by atoms with Crippen molar-refractivity contribution < 1.29 is 27.8 Å². The number of H-pyrrole nitrogens is 1. The number of nitrogens with zero attached hydrogens (tertiary/aromatic N) is 3. The molecule has 0 bridgehead atoms. The zero-order chi connectivity index (χ0) is 26.4. The van der Waals surface area contributed by atoms with E-state index in [1.165, 1.54) is 19.2 Å². The molecule has 0 aliphatic carbocycles. The number of hydrogen-bond acceptors (Lipinski definition) is 7. The number of fused-ring (bicyclic) bond motifs is 1. The summed E-state index contributed by atoms with van der Waals surface area (Å²) in [6.07, 6.45) is 0. The van der Waals surface area contributed by atoms with Gasteiger partial charge < -0.3 is 19.6 Å². The summed E-state index contributed by atoms with van der Waals surface area (Å²) in [6, 6.07) is 19.9. The van der Waals surface area contributed by atoms with E-state index in [4.69, 9.17) is 9.47 Å². The molecule has 2 N–H and O–H groups in total. The molecule has 0 aliphatic rings. The average Bonchev–Trinajstić information content (AvgIpc) is 3.21. The largest absolute Gasteiger partial charge is 0.493 e. The second kappa shape index (κ2) is 11.2. The van der Waals surface area contributed by atoms with E-state index in [9.17, 15) is 18.3 Å². The first-order valence-electron chi connectivity index (χ1n) is 11.4. The average molecular weight is 523 g/mol. The van der Waals surface area contributed by atoms with Crippen LogP contribution in [0.5, 0.6) is 11.6 Å². The summed E-state index contributed by atoms with van der Waals surface area (Å²) in [4.78, 5) is 15.6. The summed E-state index contributed by atoms with van der Waals surface area (Å²) in [5.74, 6) is -0.941. The maximum Gasteiger partial charge on any atom is 0.285 e. The molecular formula is C26H26N4O6S. The molecule has 0 unspecified atom stereocenters. The van der Waals surface area contributed by atoms with Crippen molar-refractivity contribution in [2.45, 2.75) is 11.8 Å². The number of aryl methyl sites for hydroxylation is 1. The Morgan fingerprint density at radius 1 is 1.00 bits per heavy atom. The highest BCUT2D eigenvalue weighted by Gasteiger charge is 2.30. The van der Waals surface area contributed by atoms with Crippen LogP contribution in [-0.4, -0.2) is 51.3 Å². The SMILES string of the molecule is COCCOc1ccccc1S(=O)(=O)N(CC(=O)N=Nc1c(O)[nH]c2ccccc12)c1ccc(C)cc1. The molecule has 0 radical (unpaired) electrons. The van der Waals surface area contributed by atoms with Gasteiger partial charge in [-0.05, 0) is 37.3 Å². The van der Waals surface area contributed by atoms with E-state index >= 15 is 0 Å². The topological polar surface area (TPSA) is 134 Å². The third-order valence-corrected chi connectivity index (χ3v) is 7.30. The minimum absolute atomic E-state index is 0.0885. The van der Waals surface area contributed by atoms with E-state index in [0.29, 0.717) is 10.9 Å². The molecule has 0 fully saturated rings. The number of anilines is 1. The predicted octanol–water partition coefficient (Wildman–Crippen LogP) is 4.71. The second-order valence-electron chi connectivity index (χ2n) is 8.10. The van der Waals surface area contributed by atoms with Gasteiger partial charge in [-0.3, -0.25) is 9.10 Å². The quantitative estimate of drug-likeness (QED) is 0.229. The minimum atomic E-state index is -4.26. The van der Waals surface area contributed by atoms with Crippen molar-refractivity contribution in [3.63, 3.8) is 0 Å². The summed E-state index contributed by atoms with van der Waals surface area (Å²) >= 11 is 0. The van der Waals surface area contributed by atoms with Gasteiger partial charge in [0.1, 0.15) is 23.8 Å². The van der Waals surface area contributed by atoms with E-state index in [2.05, 4.69) is 15.2 Å². The number of amides is 1. The molecule has 4 rings (SSSR count). The number of ether oxygens (including phenoxy) is 2. The summed E-state index contributed by atoms with van der Waals surface area (Å²) in [5, 5.41) is 18.4. The first kappa shape index (κ1) is 25.9. The molecule has 0 saturated heterocycles. The van der Waals surface area contributed by atoms with Crippen molar-refractivity contribution in [3.8, 4) is 11.6 Å². The molecule has 3 aromatic carbocycles. The minimum Gasteiger partial charge on any atom is -0.493 e. The molecule has 11 heteroatoms. The number of aromatic amines is 1. The molecule has 1 amide bonds. The van der Waals surface area contributed by atoms with Gasteiger partial charge >= 0.3 is 0 Å². The van der Waals surface area contributed by atoms with Gasteiger partial charge in [-0.15, -0.1) is 10.2 Å². The van der Waals surface area contributed by atoms with Crippen LogP contribution in [0.1, 0.15) is 5.56 Å². The number of para-hydroxylation sites is 2. The fourth-order valence-corrected chi connectivity index (χ4v) is 5.19. The Kier molecular flexibility index (Phi) is 7.85. The fourth-order valence-electron chi connectivity index (χ4n) is 3.64. The Morgan fingerprint density at radius 3 is 2.46 bits per heavy atom. The molecule has 37 heavy (non-hydrogen) atoms. The zero-order valence-electron chi connectivity index (χ0n) is 20.3. The predicted molar refractivity (Wildman–Crippen MR) is 139 cm³/mol. The van der Waals surface area contributed by atoms with E-state index in [1.54, 1.807) is 60.7 Å². The lowest BCUT2D eigenvalue weighted by Gasteiger charge is -2.24. The van der Waals surface area contributed by atoms with Crippen LogP contribution in [0.3, 0.4) is 0 Å². The van der Waals surface area contributed by atoms with Gasteiger partial charge in [0, 0.05) is 12.5 Å². The van der Waals surface area contributed by atoms with Crippen LogP contribution in [0.4, 0.5) is 11.4 Å². The molecule has 1 aromatic heterocycles. The number of rotatable bonds is 10. The van der Waals surface area contributed by atoms with Crippen molar-refractivity contribution in [1.82, 2.24) is 4.98 Å². The van der Waals surface area contributed by atoms with Crippen LogP contribution < -0.4 is 9.04 Å². The van der Waals surface area contributed by atoms with Gasteiger partial charge in [0.25, 0.3) is 15.9 Å². The summed E-state index contributed by atoms with van der Waals surface area (Å²) in [5.41, 5.74) is 1.90. The van der Waals surface area contributed by atoms with E-state index in [0.717, 1.165) is 9.87 Å². The third-order valence-electron chi connectivity index (χ3n) is 5.48. The lowest BCUT2D eigenvalue weighted by molar-refractivity contribution is -0.116. The monoisotopic (exact) mass is 522 g/mol. The normalized spacial score (nSPS) is 11.7. The molecule has 192 valence electrons. The van der Waals surface area contributed by atoms with Gasteiger partial charge in [-0.2, -0.15) is 0 Å². The molecule has 0 spiro atoms. The lowest BCUT2D eigenvalue weighted by Crippen LogP contribution is -2.35. The van der Waals surface area contributed by atoms with Crippen LogP contribution in [0, 0.1) is 6.92 Å². The van der Waals surface area contributed by atoms with Crippen LogP contribution in [0.2, 0.25) is 0 Å². The Bertz CT molecular complexity index is 1530. The number of aromatic hydroxyl groups is 1.